The van der Waals surface area contributed by atoms with Gasteiger partial charge in [-0.1, -0.05) is 39.7 Å². The van der Waals surface area contributed by atoms with E-state index in [9.17, 15) is 8.42 Å². The molecule has 1 aromatic carbocycles. The van der Waals surface area contributed by atoms with Crippen LogP contribution in [0.15, 0.2) is 18.2 Å². The highest BCUT2D eigenvalue weighted by Gasteiger charge is 2.26. The third-order valence-corrected chi connectivity index (χ3v) is 6.08. The quantitative estimate of drug-likeness (QED) is 0.804. The van der Waals surface area contributed by atoms with Crippen LogP contribution in [0.2, 0.25) is 0 Å². The molecular weight excluding hydrogens is 288 g/mol. The second kappa shape index (κ2) is 4.88. The lowest BCUT2D eigenvalue weighted by Crippen LogP contribution is -2.21. The van der Waals surface area contributed by atoms with E-state index in [1.54, 1.807) is 6.92 Å². The average Bonchev–Trinajstić information content (AvgIpc) is 2.18. The fraction of sp³-hybridized carbons (Fsp3) is 0.500. The monoisotopic (exact) mass is 304 g/mol. The Labute approximate surface area is 106 Å². The van der Waals surface area contributed by atoms with Gasteiger partial charge in [0.05, 0.1) is 10.1 Å². The van der Waals surface area contributed by atoms with Gasteiger partial charge in [-0.15, -0.1) is 0 Å². The largest absolute Gasteiger partial charge is 0.229 e. The number of benzene rings is 1. The molecule has 2 atom stereocenters. The zero-order valence-electron chi connectivity index (χ0n) is 9.99. The Morgan fingerprint density at radius 2 is 1.81 bits per heavy atom. The number of rotatable bonds is 3. The van der Waals surface area contributed by atoms with Crippen LogP contribution in [0, 0.1) is 13.8 Å². The van der Waals surface area contributed by atoms with E-state index in [1.807, 2.05) is 32.0 Å². The van der Waals surface area contributed by atoms with Crippen molar-refractivity contribution in [1.29, 1.82) is 0 Å². The van der Waals surface area contributed by atoms with Gasteiger partial charge >= 0.3 is 0 Å². The average molecular weight is 305 g/mol. The minimum absolute atomic E-state index is 0.151. The summed E-state index contributed by atoms with van der Waals surface area (Å²) in [4.78, 5) is -0.151. The molecule has 0 spiro atoms. The summed E-state index contributed by atoms with van der Waals surface area (Å²) in [7, 11) is -3.03. The predicted octanol–water partition coefficient (Wildman–Crippen LogP) is 3.17. The zero-order valence-corrected chi connectivity index (χ0v) is 12.4. The molecule has 0 amide bonds. The molecule has 0 fully saturated rings. The van der Waals surface area contributed by atoms with Gasteiger partial charge in [0.25, 0.3) is 0 Å². The van der Waals surface area contributed by atoms with Crippen LogP contribution in [0.1, 0.15) is 28.4 Å². The van der Waals surface area contributed by atoms with E-state index in [1.165, 1.54) is 6.26 Å². The van der Waals surface area contributed by atoms with E-state index in [2.05, 4.69) is 15.9 Å². The van der Waals surface area contributed by atoms with Crippen LogP contribution in [-0.4, -0.2) is 19.9 Å². The molecule has 2 nitrogen and oxygen atoms in total. The van der Waals surface area contributed by atoms with Gasteiger partial charge in [-0.05, 0) is 31.9 Å². The molecule has 1 rings (SSSR count). The first kappa shape index (κ1) is 13.7. The number of alkyl halides is 1. The van der Waals surface area contributed by atoms with Crippen molar-refractivity contribution in [1.82, 2.24) is 0 Å². The molecule has 0 heterocycles. The molecule has 90 valence electrons. The van der Waals surface area contributed by atoms with E-state index in [0.717, 1.165) is 16.7 Å². The highest BCUT2D eigenvalue weighted by atomic mass is 79.9. The van der Waals surface area contributed by atoms with E-state index >= 15 is 0 Å². The summed E-state index contributed by atoms with van der Waals surface area (Å²) in [6.07, 6.45) is 1.27. The molecule has 0 N–H and O–H groups in total. The Morgan fingerprint density at radius 3 is 2.31 bits per heavy atom. The van der Waals surface area contributed by atoms with Gasteiger partial charge in [-0.25, -0.2) is 8.42 Å². The molecule has 0 saturated carbocycles. The van der Waals surface area contributed by atoms with Crippen LogP contribution < -0.4 is 0 Å². The molecule has 0 radical (unpaired) electrons. The molecule has 16 heavy (non-hydrogen) atoms. The van der Waals surface area contributed by atoms with Crippen molar-refractivity contribution in [2.45, 2.75) is 30.8 Å². The first-order chi connectivity index (χ1) is 7.23. The lowest BCUT2D eigenvalue weighted by molar-refractivity contribution is 0.588. The molecule has 0 aliphatic rings. The van der Waals surface area contributed by atoms with E-state index < -0.39 is 15.1 Å². The molecule has 0 saturated heterocycles. The molecule has 4 heteroatoms. The Bertz CT molecular complexity index is 480. The standard InChI is InChI=1S/C12H17BrO2S/c1-8-5-6-9(2)11(7-8)12(13)10(3)16(4,14)15/h5-7,10,12H,1-4H3. The highest BCUT2D eigenvalue weighted by Crippen LogP contribution is 2.32. The summed E-state index contributed by atoms with van der Waals surface area (Å²) in [6.45, 7) is 5.74. The maximum atomic E-state index is 11.5. The fourth-order valence-corrected chi connectivity index (χ4v) is 3.78. The lowest BCUT2D eigenvalue weighted by Gasteiger charge is -2.19. The first-order valence-corrected chi connectivity index (χ1v) is 8.00. The number of hydrogen-bond acceptors (Lipinski definition) is 2. The van der Waals surface area contributed by atoms with Crippen molar-refractivity contribution in [3.8, 4) is 0 Å². The van der Waals surface area contributed by atoms with Crippen LogP contribution in [0.4, 0.5) is 0 Å². The van der Waals surface area contributed by atoms with Crippen molar-refractivity contribution in [3.05, 3.63) is 34.9 Å². The SMILES string of the molecule is Cc1ccc(C)c(C(Br)C(C)S(C)(=O)=O)c1. The van der Waals surface area contributed by atoms with Gasteiger partial charge in [0.2, 0.25) is 0 Å². The van der Waals surface area contributed by atoms with Crippen LogP contribution in [0.3, 0.4) is 0 Å². The van der Waals surface area contributed by atoms with Crippen molar-refractivity contribution in [2.75, 3.05) is 6.26 Å². The van der Waals surface area contributed by atoms with Gasteiger partial charge in [0.1, 0.15) is 0 Å². The second-order valence-electron chi connectivity index (χ2n) is 4.30. The van der Waals surface area contributed by atoms with Crippen molar-refractivity contribution >= 4 is 25.8 Å². The van der Waals surface area contributed by atoms with Crippen molar-refractivity contribution in [3.63, 3.8) is 0 Å². The topological polar surface area (TPSA) is 34.1 Å². The maximum Gasteiger partial charge on any atom is 0.151 e. The van der Waals surface area contributed by atoms with Crippen molar-refractivity contribution in [2.24, 2.45) is 0 Å². The van der Waals surface area contributed by atoms with E-state index in [-0.39, 0.29) is 4.83 Å². The fourth-order valence-electron chi connectivity index (χ4n) is 1.53. The zero-order chi connectivity index (χ0) is 12.5. The predicted molar refractivity (Wildman–Crippen MR) is 71.9 cm³/mol. The molecule has 0 aliphatic carbocycles. The number of sulfone groups is 1. The lowest BCUT2D eigenvalue weighted by atomic mass is 10.0. The number of halogens is 1. The summed E-state index contributed by atoms with van der Waals surface area (Å²) in [5, 5.41) is -0.423. The molecule has 0 aliphatic heterocycles. The van der Waals surface area contributed by atoms with Crippen molar-refractivity contribution < 1.29 is 8.42 Å². The maximum absolute atomic E-state index is 11.5. The van der Waals surface area contributed by atoms with Gasteiger partial charge < -0.3 is 0 Å². The third kappa shape index (κ3) is 3.08. The second-order valence-corrected chi connectivity index (χ2v) is 7.69. The number of aryl methyl sites for hydroxylation is 2. The summed E-state index contributed by atoms with van der Waals surface area (Å²) in [6, 6.07) is 6.09. The van der Waals surface area contributed by atoms with E-state index in [0.29, 0.717) is 0 Å². The third-order valence-electron chi connectivity index (χ3n) is 2.82. The van der Waals surface area contributed by atoms with E-state index in [4.69, 9.17) is 0 Å². The minimum Gasteiger partial charge on any atom is -0.229 e. The summed E-state index contributed by atoms with van der Waals surface area (Å²) < 4.78 is 23.0. The minimum atomic E-state index is -3.03. The van der Waals surface area contributed by atoms with Gasteiger partial charge in [-0.3, -0.25) is 0 Å². The van der Waals surface area contributed by atoms with Gasteiger partial charge in [0.15, 0.2) is 9.84 Å². The number of hydrogen-bond donors (Lipinski definition) is 0. The summed E-state index contributed by atoms with van der Waals surface area (Å²) in [5.41, 5.74) is 3.31. The molecule has 0 bridgehead atoms. The molecule has 1 aromatic rings. The van der Waals surface area contributed by atoms with Crippen LogP contribution in [0.25, 0.3) is 0 Å². The van der Waals surface area contributed by atoms with Crippen LogP contribution in [-0.2, 0) is 9.84 Å². The Balaban J connectivity index is 3.14. The summed E-state index contributed by atoms with van der Waals surface area (Å²) >= 11 is 3.49. The molecule has 0 aromatic heterocycles. The molecular formula is C12H17BrO2S. The van der Waals surface area contributed by atoms with Gasteiger partial charge in [0, 0.05) is 6.26 Å². The highest BCUT2D eigenvalue weighted by molar-refractivity contribution is 9.09. The van der Waals surface area contributed by atoms with Crippen LogP contribution >= 0.6 is 15.9 Å². The first-order valence-electron chi connectivity index (χ1n) is 5.13. The smallest absolute Gasteiger partial charge is 0.151 e. The normalized spacial score (nSPS) is 15.8. The van der Waals surface area contributed by atoms with Gasteiger partial charge in [-0.2, -0.15) is 0 Å². The molecule has 2 unspecified atom stereocenters. The Morgan fingerprint density at radius 1 is 1.25 bits per heavy atom. The Kier molecular flexibility index (Phi) is 4.18. The summed E-state index contributed by atoms with van der Waals surface area (Å²) in [5.74, 6) is 0. The Hall–Kier alpha value is -0.350. The van der Waals surface area contributed by atoms with Crippen LogP contribution in [0.5, 0.6) is 0 Å².